The number of hydrogen-bond acceptors (Lipinski definition) is 2. The summed E-state index contributed by atoms with van der Waals surface area (Å²) in [6.45, 7) is 2.80. The average molecular weight is 377 g/mol. The molecule has 2 aliphatic carbocycles. The largest absolute Gasteiger partial charge is 0.378 e. The van der Waals surface area contributed by atoms with Gasteiger partial charge in [-0.2, -0.15) is 0 Å². The van der Waals surface area contributed by atoms with Gasteiger partial charge in [-0.25, -0.2) is 0 Å². The molecule has 0 bridgehead atoms. The van der Waals surface area contributed by atoms with E-state index in [0.29, 0.717) is 11.8 Å². The molecular weight excluding hydrogens is 356 g/mol. The Bertz CT molecular complexity index is 751. The first-order valence-electron chi connectivity index (χ1n) is 8.34. The number of halogens is 1. The lowest BCUT2D eigenvalue weighted by atomic mass is 9.51. The van der Waals surface area contributed by atoms with Crippen molar-refractivity contribution in [1.82, 2.24) is 10.3 Å². The number of amides is 1. The molecular formula is C18H21BrN2O2. The van der Waals surface area contributed by atoms with E-state index in [4.69, 9.17) is 4.74 Å². The van der Waals surface area contributed by atoms with Gasteiger partial charge >= 0.3 is 0 Å². The van der Waals surface area contributed by atoms with E-state index in [-0.39, 0.29) is 17.4 Å². The zero-order valence-corrected chi connectivity index (χ0v) is 14.8. The van der Waals surface area contributed by atoms with Crippen LogP contribution < -0.4 is 5.32 Å². The number of hydrogen-bond donors (Lipinski definition) is 2. The Balaban J connectivity index is 1.50. The number of fused-ring (bicyclic) bond motifs is 1. The zero-order valence-electron chi connectivity index (χ0n) is 13.2. The van der Waals surface area contributed by atoms with Crippen molar-refractivity contribution in [3.63, 3.8) is 0 Å². The monoisotopic (exact) mass is 376 g/mol. The number of carbonyl (C=O) groups excluding carboxylic acids is 1. The van der Waals surface area contributed by atoms with Gasteiger partial charge in [0.2, 0.25) is 0 Å². The third-order valence-electron chi connectivity index (χ3n) is 5.60. The summed E-state index contributed by atoms with van der Waals surface area (Å²) in [5, 5.41) is 4.27. The Morgan fingerprint density at radius 2 is 2.30 bits per heavy atom. The molecule has 1 spiro atoms. The van der Waals surface area contributed by atoms with Crippen LogP contribution in [-0.2, 0) is 4.74 Å². The summed E-state index contributed by atoms with van der Waals surface area (Å²) in [6, 6.07) is 8.10. The van der Waals surface area contributed by atoms with Gasteiger partial charge in [0.1, 0.15) is 5.69 Å². The van der Waals surface area contributed by atoms with Gasteiger partial charge in [-0.3, -0.25) is 4.79 Å². The standard InChI is InChI=1S/C18H21BrN2O2/c1-2-23-16-10-15(18(16)7-4-8-18)21-17(22)14-9-11-12(19)5-3-6-13(11)20-14/h3,5-6,9,15-16,20H,2,4,7-8,10H2,1H3,(H,21,22)/t15-,16-/m1/s1. The summed E-state index contributed by atoms with van der Waals surface area (Å²) in [7, 11) is 0. The lowest BCUT2D eigenvalue weighted by Crippen LogP contribution is -2.67. The summed E-state index contributed by atoms with van der Waals surface area (Å²) in [6.07, 6.45) is 4.84. The molecule has 0 saturated heterocycles. The summed E-state index contributed by atoms with van der Waals surface area (Å²) >= 11 is 3.53. The highest BCUT2D eigenvalue weighted by atomic mass is 79.9. The van der Waals surface area contributed by atoms with Crippen molar-refractivity contribution in [3.8, 4) is 0 Å². The Kier molecular flexibility index (Phi) is 3.73. The molecule has 122 valence electrons. The summed E-state index contributed by atoms with van der Waals surface area (Å²) in [4.78, 5) is 15.8. The van der Waals surface area contributed by atoms with Gasteiger partial charge in [-0.15, -0.1) is 0 Å². The first-order valence-corrected chi connectivity index (χ1v) is 9.13. The van der Waals surface area contributed by atoms with Gasteiger partial charge in [-0.05, 0) is 44.4 Å². The summed E-state index contributed by atoms with van der Waals surface area (Å²) in [5.74, 6) is -0.0145. The Morgan fingerprint density at radius 1 is 1.48 bits per heavy atom. The number of aromatic nitrogens is 1. The van der Waals surface area contributed by atoms with Crippen LogP contribution in [0.1, 0.15) is 43.1 Å². The van der Waals surface area contributed by atoms with Crippen LogP contribution in [0, 0.1) is 5.41 Å². The number of benzene rings is 1. The number of rotatable bonds is 4. The van der Waals surface area contributed by atoms with Crippen LogP contribution >= 0.6 is 15.9 Å². The normalized spacial score (nSPS) is 25.1. The van der Waals surface area contributed by atoms with Gasteiger partial charge in [-0.1, -0.05) is 28.4 Å². The van der Waals surface area contributed by atoms with Crippen LogP contribution in [0.25, 0.3) is 10.9 Å². The molecule has 2 atom stereocenters. The molecule has 4 nitrogen and oxygen atoms in total. The van der Waals surface area contributed by atoms with Gasteiger partial charge in [0.05, 0.1) is 6.10 Å². The number of ether oxygens (including phenoxy) is 1. The van der Waals surface area contributed by atoms with E-state index in [1.54, 1.807) is 0 Å². The second kappa shape index (κ2) is 5.64. The molecule has 5 heteroatoms. The first kappa shape index (κ1) is 15.2. The Hall–Kier alpha value is -1.33. The van der Waals surface area contributed by atoms with Crippen molar-refractivity contribution in [1.29, 1.82) is 0 Å². The summed E-state index contributed by atoms with van der Waals surface area (Å²) in [5.41, 5.74) is 1.79. The van der Waals surface area contributed by atoms with Crippen molar-refractivity contribution in [2.75, 3.05) is 6.61 Å². The van der Waals surface area contributed by atoms with E-state index in [0.717, 1.165) is 28.4 Å². The quantitative estimate of drug-likeness (QED) is 0.846. The van der Waals surface area contributed by atoms with Gasteiger partial charge < -0.3 is 15.0 Å². The SMILES string of the molecule is CCO[C@@H]1C[C@@H](NC(=O)c2cc3c(Br)cccc3[nH]2)C12CCC2. The fraction of sp³-hybridized carbons (Fsp3) is 0.500. The molecule has 23 heavy (non-hydrogen) atoms. The van der Waals surface area contributed by atoms with Crippen molar-refractivity contribution >= 4 is 32.7 Å². The molecule has 1 aromatic heterocycles. The minimum absolute atomic E-state index is 0.0145. The molecule has 2 fully saturated rings. The van der Waals surface area contributed by atoms with Crippen molar-refractivity contribution in [2.45, 2.75) is 44.8 Å². The molecule has 1 amide bonds. The summed E-state index contributed by atoms with van der Waals surface area (Å²) < 4.78 is 6.85. The lowest BCUT2D eigenvalue weighted by Gasteiger charge is -2.60. The molecule has 2 N–H and O–H groups in total. The van der Waals surface area contributed by atoms with Gasteiger partial charge in [0.25, 0.3) is 5.91 Å². The third kappa shape index (κ3) is 2.32. The predicted molar refractivity (Wildman–Crippen MR) is 93.6 cm³/mol. The number of carbonyl (C=O) groups is 1. The van der Waals surface area contributed by atoms with E-state index < -0.39 is 0 Å². The highest BCUT2D eigenvalue weighted by Gasteiger charge is 2.59. The van der Waals surface area contributed by atoms with E-state index in [9.17, 15) is 4.79 Å². The second-order valence-electron chi connectivity index (χ2n) is 6.68. The van der Waals surface area contributed by atoms with Crippen LogP contribution in [-0.4, -0.2) is 29.6 Å². The zero-order chi connectivity index (χ0) is 16.0. The van der Waals surface area contributed by atoms with Crippen molar-refractivity contribution in [2.24, 2.45) is 5.41 Å². The van der Waals surface area contributed by atoms with Gasteiger partial charge in [0, 0.05) is 33.4 Å². The lowest BCUT2D eigenvalue weighted by molar-refractivity contribution is -0.169. The highest BCUT2D eigenvalue weighted by molar-refractivity contribution is 9.10. The topological polar surface area (TPSA) is 54.1 Å². The minimum atomic E-state index is -0.0145. The minimum Gasteiger partial charge on any atom is -0.378 e. The molecule has 0 radical (unpaired) electrons. The van der Waals surface area contributed by atoms with Crippen LogP contribution in [0.5, 0.6) is 0 Å². The molecule has 1 aromatic carbocycles. The van der Waals surface area contributed by atoms with Crippen LogP contribution in [0.15, 0.2) is 28.7 Å². The van der Waals surface area contributed by atoms with Crippen LogP contribution in [0.4, 0.5) is 0 Å². The van der Waals surface area contributed by atoms with Gasteiger partial charge in [0.15, 0.2) is 0 Å². The maximum atomic E-state index is 12.6. The van der Waals surface area contributed by atoms with E-state index >= 15 is 0 Å². The predicted octanol–water partition coefficient (Wildman–Crippen LogP) is 4.01. The number of nitrogens with one attached hydrogen (secondary N) is 2. The molecule has 4 rings (SSSR count). The maximum Gasteiger partial charge on any atom is 0.267 e. The van der Waals surface area contributed by atoms with Crippen LogP contribution in [0.3, 0.4) is 0 Å². The molecule has 1 heterocycles. The number of aromatic amines is 1. The Morgan fingerprint density at radius 3 is 2.96 bits per heavy atom. The maximum absolute atomic E-state index is 12.6. The number of H-pyrrole nitrogens is 1. The molecule has 0 unspecified atom stereocenters. The average Bonchev–Trinajstić information content (AvgIpc) is 2.90. The highest BCUT2D eigenvalue weighted by Crippen LogP contribution is 2.57. The third-order valence-corrected chi connectivity index (χ3v) is 6.29. The molecule has 0 aliphatic heterocycles. The fourth-order valence-electron chi connectivity index (χ4n) is 4.12. The Labute approximate surface area is 144 Å². The van der Waals surface area contributed by atoms with E-state index in [1.165, 1.54) is 19.3 Å². The van der Waals surface area contributed by atoms with Crippen LogP contribution in [0.2, 0.25) is 0 Å². The van der Waals surface area contributed by atoms with Crippen molar-refractivity contribution in [3.05, 3.63) is 34.4 Å². The van der Waals surface area contributed by atoms with E-state index in [1.807, 2.05) is 31.2 Å². The molecule has 2 saturated carbocycles. The van der Waals surface area contributed by atoms with E-state index in [2.05, 4.69) is 26.2 Å². The first-order chi connectivity index (χ1) is 11.1. The van der Waals surface area contributed by atoms with Crippen molar-refractivity contribution < 1.29 is 9.53 Å². The fourth-order valence-corrected chi connectivity index (χ4v) is 4.60. The molecule has 2 aromatic rings. The smallest absolute Gasteiger partial charge is 0.267 e. The second-order valence-corrected chi connectivity index (χ2v) is 7.53. The molecule has 2 aliphatic rings.